The number of nitrogens with zero attached hydrogens (tertiary/aromatic N) is 7. The molecule has 0 aliphatic carbocycles. The van der Waals surface area contributed by atoms with Crippen LogP contribution in [0.15, 0.2) is 18.3 Å². The molecule has 2 aliphatic heterocycles. The summed E-state index contributed by atoms with van der Waals surface area (Å²) in [7, 11) is 0. The van der Waals surface area contributed by atoms with Gasteiger partial charge in [0.25, 0.3) is 0 Å². The van der Waals surface area contributed by atoms with Gasteiger partial charge in [0.15, 0.2) is 0 Å². The summed E-state index contributed by atoms with van der Waals surface area (Å²) in [4.78, 5) is 24.2. The molecule has 27 heavy (non-hydrogen) atoms. The maximum atomic E-state index is 9.92. The maximum Gasteiger partial charge on any atom is 0.227 e. The first-order valence-electron chi connectivity index (χ1n) is 9.45. The number of aryl methyl sites for hydroxylation is 1. The van der Waals surface area contributed by atoms with Crippen molar-refractivity contribution in [2.75, 3.05) is 59.7 Å². The van der Waals surface area contributed by atoms with Crippen LogP contribution < -0.4 is 20.4 Å². The van der Waals surface area contributed by atoms with Gasteiger partial charge in [-0.2, -0.15) is 9.97 Å². The van der Waals surface area contributed by atoms with Gasteiger partial charge in [-0.05, 0) is 25.8 Å². The Morgan fingerprint density at radius 2 is 1.78 bits per heavy atom. The molecule has 0 bridgehead atoms. The number of aliphatic hydroxyl groups is 1. The summed E-state index contributed by atoms with van der Waals surface area (Å²) in [6.07, 6.45) is 3.38. The summed E-state index contributed by atoms with van der Waals surface area (Å²) in [6.45, 7) is 6.77. The molecular formula is C18H26N8O. The first kappa shape index (κ1) is 17.7. The van der Waals surface area contributed by atoms with E-state index in [4.69, 9.17) is 10.7 Å². The smallest absolute Gasteiger partial charge is 0.227 e. The molecule has 0 amide bonds. The monoisotopic (exact) mass is 370 g/mol. The molecule has 9 nitrogen and oxygen atoms in total. The molecular weight excluding hydrogens is 344 g/mol. The van der Waals surface area contributed by atoms with Crippen molar-refractivity contribution < 1.29 is 5.11 Å². The SMILES string of the molecule is Cc1cc(N2CCN(c3nccc(N4CCCC(O)C4)n3)CC2)nc(N)n1. The van der Waals surface area contributed by atoms with Gasteiger partial charge in [-0.25, -0.2) is 9.97 Å². The average Bonchev–Trinajstić information content (AvgIpc) is 2.67. The van der Waals surface area contributed by atoms with E-state index < -0.39 is 0 Å². The third kappa shape index (κ3) is 4.02. The number of nitrogen functional groups attached to an aromatic ring is 1. The molecule has 2 aliphatic rings. The van der Waals surface area contributed by atoms with Crippen LogP contribution in [0.5, 0.6) is 0 Å². The van der Waals surface area contributed by atoms with Crippen LogP contribution in [0.1, 0.15) is 18.5 Å². The van der Waals surface area contributed by atoms with Gasteiger partial charge in [-0.3, -0.25) is 0 Å². The van der Waals surface area contributed by atoms with Crippen LogP contribution in [0, 0.1) is 6.92 Å². The molecule has 1 unspecified atom stereocenters. The lowest BCUT2D eigenvalue weighted by Crippen LogP contribution is -2.47. The van der Waals surface area contributed by atoms with E-state index in [0.717, 1.165) is 68.8 Å². The van der Waals surface area contributed by atoms with Gasteiger partial charge >= 0.3 is 0 Å². The molecule has 0 saturated carbocycles. The molecule has 2 aromatic heterocycles. The second-order valence-electron chi connectivity index (χ2n) is 7.16. The van der Waals surface area contributed by atoms with E-state index in [1.165, 1.54) is 0 Å². The molecule has 2 fully saturated rings. The predicted octanol–water partition coefficient (Wildman–Crippen LogP) is 0.445. The Morgan fingerprint density at radius 1 is 1.00 bits per heavy atom. The van der Waals surface area contributed by atoms with Gasteiger partial charge in [-0.1, -0.05) is 0 Å². The highest BCUT2D eigenvalue weighted by molar-refractivity contribution is 5.48. The van der Waals surface area contributed by atoms with Crippen LogP contribution in [0.2, 0.25) is 0 Å². The summed E-state index contributed by atoms with van der Waals surface area (Å²) >= 11 is 0. The Balaban J connectivity index is 1.43. The second-order valence-corrected chi connectivity index (χ2v) is 7.16. The number of β-amino-alcohol motifs (C(OH)–C–C–N with tert-alkyl or cyclic N) is 1. The standard InChI is InChI=1S/C18H26N8O/c1-13-11-16(22-17(19)21-13)24-7-9-25(10-8-24)18-20-5-4-15(23-18)26-6-2-3-14(27)12-26/h4-5,11,14,27H,2-3,6-10,12H2,1H3,(H2,19,21,22). The Labute approximate surface area is 158 Å². The van der Waals surface area contributed by atoms with Crippen molar-refractivity contribution in [1.29, 1.82) is 0 Å². The van der Waals surface area contributed by atoms with Crippen LogP contribution in [0.3, 0.4) is 0 Å². The zero-order valence-corrected chi connectivity index (χ0v) is 15.6. The molecule has 144 valence electrons. The minimum Gasteiger partial charge on any atom is -0.391 e. The van der Waals surface area contributed by atoms with E-state index in [9.17, 15) is 5.11 Å². The number of aromatic nitrogens is 4. The molecule has 0 spiro atoms. The zero-order chi connectivity index (χ0) is 18.8. The second kappa shape index (κ2) is 7.51. The normalized spacial score (nSPS) is 20.8. The number of piperidine rings is 1. The fourth-order valence-corrected chi connectivity index (χ4v) is 3.70. The highest BCUT2D eigenvalue weighted by Crippen LogP contribution is 2.22. The molecule has 0 aromatic carbocycles. The van der Waals surface area contributed by atoms with Gasteiger partial charge < -0.3 is 25.5 Å². The van der Waals surface area contributed by atoms with Gasteiger partial charge in [0, 0.05) is 57.2 Å². The van der Waals surface area contributed by atoms with Gasteiger partial charge in [0.1, 0.15) is 11.6 Å². The van der Waals surface area contributed by atoms with Crippen molar-refractivity contribution in [3.8, 4) is 0 Å². The first-order chi connectivity index (χ1) is 13.1. The van der Waals surface area contributed by atoms with E-state index in [2.05, 4.69) is 29.7 Å². The van der Waals surface area contributed by atoms with Crippen LogP contribution >= 0.6 is 0 Å². The van der Waals surface area contributed by atoms with Gasteiger partial charge in [-0.15, -0.1) is 0 Å². The van der Waals surface area contributed by atoms with Crippen molar-refractivity contribution in [3.05, 3.63) is 24.0 Å². The van der Waals surface area contributed by atoms with Gasteiger partial charge in [0.2, 0.25) is 11.9 Å². The fourth-order valence-electron chi connectivity index (χ4n) is 3.70. The summed E-state index contributed by atoms with van der Waals surface area (Å²) in [5.41, 5.74) is 6.65. The van der Waals surface area contributed by atoms with Crippen LogP contribution in [0.25, 0.3) is 0 Å². The lowest BCUT2D eigenvalue weighted by Gasteiger charge is -2.36. The molecule has 0 radical (unpaired) electrons. The third-order valence-corrected chi connectivity index (χ3v) is 5.09. The topological polar surface area (TPSA) is 108 Å². The largest absolute Gasteiger partial charge is 0.391 e. The van der Waals surface area contributed by atoms with Crippen molar-refractivity contribution in [2.24, 2.45) is 0 Å². The Kier molecular flexibility index (Phi) is 4.93. The van der Waals surface area contributed by atoms with E-state index in [1.54, 1.807) is 6.20 Å². The summed E-state index contributed by atoms with van der Waals surface area (Å²) in [5.74, 6) is 2.81. The number of anilines is 4. The Hall–Kier alpha value is -2.68. The van der Waals surface area contributed by atoms with Crippen molar-refractivity contribution in [3.63, 3.8) is 0 Å². The number of rotatable bonds is 3. The quantitative estimate of drug-likeness (QED) is 0.796. The van der Waals surface area contributed by atoms with E-state index in [0.29, 0.717) is 12.5 Å². The molecule has 4 rings (SSSR count). The lowest BCUT2D eigenvalue weighted by molar-refractivity contribution is 0.154. The average molecular weight is 370 g/mol. The summed E-state index contributed by atoms with van der Waals surface area (Å²) in [6, 6.07) is 3.88. The number of aliphatic hydroxyl groups excluding tert-OH is 1. The van der Waals surface area contributed by atoms with E-state index in [1.807, 2.05) is 19.1 Å². The predicted molar refractivity (Wildman–Crippen MR) is 105 cm³/mol. The van der Waals surface area contributed by atoms with Crippen molar-refractivity contribution >= 4 is 23.5 Å². The fraction of sp³-hybridized carbons (Fsp3) is 0.556. The van der Waals surface area contributed by atoms with E-state index in [-0.39, 0.29) is 6.10 Å². The summed E-state index contributed by atoms with van der Waals surface area (Å²) < 4.78 is 0. The Bertz CT molecular complexity index is 772. The van der Waals surface area contributed by atoms with Crippen molar-refractivity contribution in [1.82, 2.24) is 19.9 Å². The molecule has 9 heteroatoms. The molecule has 3 N–H and O–H groups in total. The number of hydrogen-bond acceptors (Lipinski definition) is 9. The summed E-state index contributed by atoms with van der Waals surface area (Å²) in [5, 5.41) is 9.92. The van der Waals surface area contributed by atoms with E-state index >= 15 is 0 Å². The highest BCUT2D eigenvalue weighted by Gasteiger charge is 2.23. The minimum atomic E-state index is -0.274. The Morgan fingerprint density at radius 3 is 2.52 bits per heavy atom. The zero-order valence-electron chi connectivity index (χ0n) is 15.6. The number of piperazine rings is 1. The first-order valence-corrected chi connectivity index (χ1v) is 9.45. The van der Waals surface area contributed by atoms with Crippen molar-refractivity contribution in [2.45, 2.75) is 25.9 Å². The number of nitrogens with two attached hydrogens (primary N) is 1. The van der Waals surface area contributed by atoms with Crippen LogP contribution in [-0.4, -0.2) is 70.4 Å². The minimum absolute atomic E-state index is 0.274. The van der Waals surface area contributed by atoms with Crippen LogP contribution in [-0.2, 0) is 0 Å². The molecule has 2 saturated heterocycles. The van der Waals surface area contributed by atoms with Crippen LogP contribution in [0.4, 0.5) is 23.5 Å². The van der Waals surface area contributed by atoms with Gasteiger partial charge in [0.05, 0.1) is 6.10 Å². The third-order valence-electron chi connectivity index (χ3n) is 5.09. The molecule has 1 atom stereocenters. The highest BCUT2D eigenvalue weighted by atomic mass is 16.3. The maximum absolute atomic E-state index is 9.92. The number of hydrogen-bond donors (Lipinski definition) is 2. The molecule has 2 aromatic rings. The molecule has 4 heterocycles. The lowest BCUT2D eigenvalue weighted by atomic mass is 10.1.